The number of rotatable bonds is 13. The monoisotopic (exact) mass is 525 g/mol. The molecule has 2 heterocycles. The molecule has 3 rings (SSSR count). The number of aryl methyl sites for hydroxylation is 2. The van der Waals surface area contributed by atoms with Crippen molar-refractivity contribution >= 4 is 42.6 Å². The van der Waals surface area contributed by atoms with E-state index in [0.717, 1.165) is 28.8 Å². The second-order valence-corrected chi connectivity index (χ2v) is 11.3. The largest absolute Gasteiger partial charge is 0.571 e. The maximum Gasteiger partial charge on any atom is 0.571 e. The van der Waals surface area contributed by atoms with Gasteiger partial charge in [0.25, 0.3) is 0 Å². The lowest BCUT2D eigenvalue weighted by atomic mass is 10.1. The summed E-state index contributed by atoms with van der Waals surface area (Å²) in [6, 6.07) is 16.3. The zero-order valence-corrected chi connectivity index (χ0v) is 22.0. The number of nitrogens with zero attached hydrogens (tertiary/aromatic N) is 2. The molecule has 1 radical (unpaired) electrons. The topological polar surface area (TPSA) is 118 Å². The van der Waals surface area contributed by atoms with Gasteiger partial charge in [0.1, 0.15) is 6.54 Å². The van der Waals surface area contributed by atoms with Crippen molar-refractivity contribution in [2.24, 2.45) is 0 Å². The smallest absolute Gasteiger partial charge is 0.390 e. The molecule has 0 fully saturated rings. The minimum atomic E-state index is -3.96. The van der Waals surface area contributed by atoms with Gasteiger partial charge in [0.15, 0.2) is 31.3 Å². The van der Waals surface area contributed by atoms with Gasteiger partial charge >= 0.3 is 18.3 Å². The fourth-order valence-electron chi connectivity index (χ4n) is 3.52. The Kier molecular flexibility index (Phi) is 10.9. The Morgan fingerprint density at radius 2 is 1.17 bits per heavy atom. The first-order valence-corrected chi connectivity index (χ1v) is 15.1. The van der Waals surface area contributed by atoms with Crippen molar-refractivity contribution < 1.29 is 37.5 Å². The lowest BCUT2D eigenvalue weighted by Crippen LogP contribution is -2.38. The SMILES string of the molecule is O[Si](O)OCCC[n+]1ccc(C=Cc2cccc(C=Cc3cc[n+](CCC[Si](O)(O)O)cc3)c2)cc1. The Morgan fingerprint density at radius 3 is 1.64 bits per heavy atom. The maximum absolute atomic E-state index is 9.10. The van der Waals surface area contributed by atoms with Gasteiger partial charge in [-0.25, -0.2) is 9.13 Å². The predicted octanol–water partition coefficient (Wildman–Crippen LogP) is 1.28. The molecule has 0 aliphatic carbocycles. The summed E-state index contributed by atoms with van der Waals surface area (Å²) in [4.78, 5) is 44.9. The third-order valence-electron chi connectivity index (χ3n) is 5.40. The van der Waals surface area contributed by atoms with Crippen LogP contribution in [0.2, 0.25) is 6.04 Å². The summed E-state index contributed by atoms with van der Waals surface area (Å²) in [6.07, 6.45) is 17.3. The number of hydrogen-bond donors (Lipinski definition) is 5. The van der Waals surface area contributed by atoms with Gasteiger partial charge < -0.3 is 28.4 Å². The summed E-state index contributed by atoms with van der Waals surface area (Å²) in [5.74, 6) is 0. The van der Waals surface area contributed by atoms with Crippen LogP contribution in [0.3, 0.4) is 0 Å². The maximum atomic E-state index is 9.10. The fourth-order valence-corrected chi connectivity index (χ4v) is 4.48. The standard InChI is InChI=1S/C26H33N2O6Si2/c29-35(30)34-20-2-14-27-16-10-23(11-17-27)6-8-25-4-1-5-26(22-25)9-7-24-12-18-28(19-13-24)15-3-21-36(31,32)33/h1,4-13,16-19,22,29-33H,2-3,14-15,20-21H2/q+2. The summed E-state index contributed by atoms with van der Waals surface area (Å²) < 4.78 is 8.80. The molecular formula is C26H33N2O6Si2+2. The number of aromatic nitrogens is 2. The van der Waals surface area contributed by atoms with E-state index in [1.54, 1.807) is 0 Å². The van der Waals surface area contributed by atoms with E-state index >= 15 is 0 Å². The Labute approximate surface area is 214 Å². The number of pyridine rings is 2. The average molecular weight is 526 g/mol. The van der Waals surface area contributed by atoms with Crippen LogP contribution in [0.15, 0.2) is 73.3 Å². The van der Waals surface area contributed by atoms with Crippen molar-refractivity contribution in [2.75, 3.05) is 6.61 Å². The predicted molar refractivity (Wildman–Crippen MR) is 140 cm³/mol. The van der Waals surface area contributed by atoms with E-state index in [4.69, 9.17) is 28.4 Å². The van der Waals surface area contributed by atoms with Gasteiger partial charge in [-0.05, 0) is 28.3 Å². The molecule has 0 bridgehead atoms. The molecular weight excluding hydrogens is 492 g/mol. The van der Waals surface area contributed by atoms with Gasteiger partial charge in [-0.1, -0.05) is 42.5 Å². The van der Waals surface area contributed by atoms with E-state index in [-0.39, 0.29) is 6.04 Å². The molecule has 0 atom stereocenters. The van der Waals surface area contributed by atoms with Gasteiger partial charge in [-0.3, -0.25) is 0 Å². The number of benzene rings is 1. The highest BCUT2D eigenvalue weighted by atomic mass is 28.4. The molecule has 0 unspecified atom stereocenters. The molecule has 8 nitrogen and oxygen atoms in total. The highest BCUT2D eigenvalue weighted by Gasteiger charge is 2.26. The molecule has 0 saturated heterocycles. The van der Waals surface area contributed by atoms with Gasteiger partial charge in [0, 0.05) is 49.8 Å². The molecule has 189 valence electrons. The number of hydrogen-bond acceptors (Lipinski definition) is 6. The molecule has 5 N–H and O–H groups in total. The highest BCUT2D eigenvalue weighted by Crippen LogP contribution is 2.13. The fraction of sp³-hybridized carbons (Fsp3) is 0.231. The lowest BCUT2D eigenvalue weighted by Gasteiger charge is -2.06. The second kappa shape index (κ2) is 14.1. The van der Waals surface area contributed by atoms with Crippen LogP contribution >= 0.6 is 0 Å². The minimum absolute atomic E-state index is 0.0336. The third-order valence-corrected chi connectivity index (χ3v) is 6.89. The lowest BCUT2D eigenvalue weighted by molar-refractivity contribution is -0.697. The van der Waals surface area contributed by atoms with Crippen molar-refractivity contribution in [1.82, 2.24) is 0 Å². The molecule has 0 amide bonds. The zero-order chi connectivity index (χ0) is 25.8. The summed E-state index contributed by atoms with van der Waals surface area (Å²) in [6.45, 7) is 1.69. The first kappa shape index (κ1) is 27.8. The van der Waals surface area contributed by atoms with E-state index in [0.29, 0.717) is 26.0 Å². The molecule has 1 aromatic carbocycles. The quantitative estimate of drug-likeness (QED) is 0.130. The Bertz CT molecular complexity index is 1130. The summed E-state index contributed by atoms with van der Waals surface area (Å²) >= 11 is 0. The summed E-state index contributed by atoms with van der Waals surface area (Å²) in [5.41, 5.74) is 4.33. The molecule has 0 saturated carbocycles. The van der Waals surface area contributed by atoms with Crippen LogP contribution in [0.5, 0.6) is 0 Å². The van der Waals surface area contributed by atoms with Crippen molar-refractivity contribution in [3.05, 3.63) is 95.6 Å². The summed E-state index contributed by atoms with van der Waals surface area (Å²) in [5, 5.41) is 0. The van der Waals surface area contributed by atoms with Gasteiger partial charge in [0.05, 0.1) is 0 Å². The second-order valence-electron chi connectivity index (χ2n) is 8.44. The molecule has 3 aromatic rings. The minimum Gasteiger partial charge on any atom is -0.390 e. The van der Waals surface area contributed by atoms with Gasteiger partial charge in [0.2, 0.25) is 0 Å². The van der Waals surface area contributed by atoms with Crippen LogP contribution in [-0.2, 0) is 17.5 Å². The van der Waals surface area contributed by atoms with Crippen LogP contribution in [0.25, 0.3) is 24.3 Å². The first-order valence-electron chi connectivity index (χ1n) is 11.8. The van der Waals surface area contributed by atoms with Crippen LogP contribution in [0.4, 0.5) is 0 Å². The van der Waals surface area contributed by atoms with Crippen LogP contribution in [0.1, 0.15) is 35.1 Å². The molecule has 36 heavy (non-hydrogen) atoms. The van der Waals surface area contributed by atoms with Crippen molar-refractivity contribution in [1.29, 1.82) is 0 Å². The Balaban J connectivity index is 1.51. The third kappa shape index (κ3) is 10.9. The average Bonchev–Trinajstić information content (AvgIpc) is 2.85. The van der Waals surface area contributed by atoms with Crippen molar-refractivity contribution in [3.8, 4) is 0 Å². The van der Waals surface area contributed by atoms with E-state index in [9.17, 15) is 0 Å². The molecule has 2 aromatic heterocycles. The van der Waals surface area contributed by atoms with Crippen LogP contribution in [0, 0.1) is 0 Å². The Morgan fingerprint density at radius 1 is 0.694 bits per heavy atom. The Hall–Kier alpha value is -2.81. The van der Waals surface area contributed by atoms with Crippen LogP contribution in [-0.4, -0.2) is 48.9 Å². The van der Waals surface area contributed by atoms with E-state index in [1.807, 2.05) is 70.3 Å². The molecule has 0 aliphatic heterocycles. The molecule has 0 aliphatic rings. The van der Waals surface area contributed by atoms with Gasteiger partial charge in [-0.2, -0.15) is 0 Å². The van der Waals surface area contributed by atoms with Crippen molar-refractivity contribution in [3.63, 3.8) is 0 Å². The first-order chi connectivity index (χ1) is 17.3. The van der Waals surface area contributed by atoms with E-state index in [2.05, 4.69) is 36.4 Å². The zero-order valence-electron chi connectivity index (χ0n) is 20.0. The molecule has 0 spiro atoms. The van der Waals surface area contributed by atoms with Crippen LogP contribution < -0.4 is 9.13 Å². The highest BCUT2D eigenvalue weighted by molar-refractivity contribution is 6.56. The normalized spacial score (nSPS) is 12.3. The summed E-state index contributed by atoms with van der Waals surface area (Å²) in [7, 11) is -6.56. The van der Waals surface area contributed by atoms with Crippen molar-refractivity contribution in [2.45, 2.75) is 32.0 Å². The van der Waals surface area contributed by atoms with E-state index in [1.165, 1.54) is 0 Å². The molecule has 10 heteroatoms. The van der Waals surface area contributed by atoms with Gasteiger partial charge in [-0.15, -0.1) is 0 Å². The van der Waals surface area contributed by atoms with E-state index < -0.39 is 18.3 Å².